The van der Waals surface area contributed by atoms with Crippen LogP contribution in [0.5, 0.6) is 5.75 Å². The zero-order valence-corrected chi connectivity index (χ0v) is 17.5. The number of anilines is 1. The molecule has 0 radical (unpaired) electrons. The van der Waals surface area contributed by atoms with Crippen molar-refractivity contribution in [3.05, 3.63) is 35.9 Å². The largest absolute Gasteiger partial charge is 0.507 e. The molecule has 2 heterocycles. The van der Waals surface area contributed by atoms with Crippen molar-refractivity contribution in [2.24, 2.45) is 0 Å². The van der Waals surface area contributed by atoms with Crippen LogP contribution in [0.2, 0.25) is 0 Å². The summed E-state index contributed by atoms with van der Waals surface area (Å²) in [5.74, 6) is 1.00. The first-order valence-corrected chi connectivity index (χ1v) is 9.77. The third kappa shape index (κ3) is 4.50. The molecule has 0 aliphatic carbocycles. The summed E-state index contributed by atoms with van der Waals surface area (Å²) < 4.78 is 0. The molecular weight excluding hydrogens is 350 g/mol. The fourth-order valence-electron chi connectivity index (χ4n) is 4.42. The Morgan fingerprint density at radius 3 is 2.39 bits per heavy atom. The summed E-state index contributed by atoms with van der Waals surface area (Å²) in [6, 6.07) is 9.57. The maximum Gasteiger partial charge on any atom is 0.151 e. The highest BCUT2D eigenvalue weighted by molar-refractivity contribution is 5.69. The van der Waals surface area contributed by atoms with E-state index in [9.17, 15) is 5.11 Å². The summed E-state index contributed by atoms with van der Waals surface area (Å²) in [5, 5.41) is 30.0. The molecule has 6 nitrogen and oxygen atoms in total. The maximum absolute atomic E-state index is 10.2. The average Bonchev–Trinajstić information content (AvgIpc) is 2.60. The second-order valence-corrected chi connectivity index (χ2v) is 9.10. The molecule has 28 heavy (non-hydrogen) atoms. The number of piperidine rings is 1. The van der Waals surface area contributed by atoms with Gasteiger partial charge in [0.05, 0.1) is 5.69 Å². The Morgan fingerprint density at radius 1 is 1.14 bits per heavy atom. The molecule has 0 amide bonds. The van der Waals surface area contributed by atoms with Crippen molar-refractivity contribution < 1.29 is 5.11 Å². The van der Waals surface area contributed by atoms with Gasteiger partial charge in [0.1, 0.15) is 5.75 Å². The van der Waals surface area contributed by atoms with Gasteiger partial charge in [-0.15, -0.1) is 10.2 Å². The fraction of sp³-hybridized carbons (Fsp3) is 0.500. The van der Waals surface area contributed by atoms with Crippen molar-refractivity contribution in [1.82, 2.24) is 15.5 Å². The SMILES string of the molecule is CN(c1ccc(-c2cc(CC=N)ccc2O)nn1)C1CC(C)(C)NC(C)(C)C1. The highest BCUT2D eigenvalue weighted by Crippen LogP contribution is 2.33. The van der Waals surface area contributed by atoms with E-state index in [4.69, 9.17) is 5.41 Å². The third-order valence-electron chi connectivity index (χ3n) is 5.40. The summed E-state index contributed by atoms with van der Waals surface area (Å²) in [5.41, 5.74) is 2.37. The number of phenols is 1. The quantitative estimate of drug-likeness (QED) is 0.686. The third-order valence-corrected chi connectivity index (χ3v) is 5.40. The summed E-state index contributed by atoms with van der Waals surface area (Å²) in [7, 11) is 2.08. The van der Waals surface area contributed by atoms with Crippen molar-refractivity contribution in [3.8, 4) is 17.0 Å². The van der Waals surface area contributed by atoms with Gasteiger partial charge in [-0.05, 0) is 76.6 Å². The molecule has 0 unspecified atom stereocenters. The summed E-state index contributed by atoms with van der Waals surface area (Å²) in [6.07, 6.45) is 3.94. The standard InChI is InChI=1S/C22H31N5O/c1-21(2)13-16(14-22(3,4)26-21)27(5)20-9-7-18(24-25-20)17-12-15(10-11-23)6-8-19(17)28/h6-9,11-12,16,23,26,28H,10,13-14H2,1-5H3. The lowest BCUT2D eigenvalue weighted by atomic mass is 9.79. The Hall–Kier alpha value is -2.47. The van der Waals surface area contributed by atoms with Gasteiger partial charge in [-0.3, -0.25) is 0 Å². The van der Waals surface area contributed by atoms with E-state index < -0.39 is 0 Å². The number of aromatic nitrogens is 2. The predicted molar refractivity (Wildman–Crippen MR) is 114 cm³/mol. The molecular formula is C22H31N5O. The highest BCUT2D eigenvalue weighted by Gasteiger charge is 2.39. The number of hydrogen-bond acceptors (Lipinski definition) is 6. The molecule has 0 bridgehead atoms. The second kappa shape index (κ2) is 7.51. The fourth-order valence-corrected chi connectivity index (χ4v) is 4.42. The Balaban J connectivity index is 1.83. The van der Waals surface area contributed by atoms with Gasteiger partial charge in [-0.1, -0.05) is 6.07 Å². The van der Waals surface area contributed by atoms with E-state index >= 15 is 0 Å². The van der Waals surface area contributed by atoms with Crippen molar-refractivity contribution in [2.45, 2.75) is 64.1 Å². The molecule has 0 spiro atoms. The van der Waals surface area contributed by atoms with Gasteiger partial charge < -0.3 is 20.7 Å². The number of nitrogens with zero attached hydrogens (tertiary/aromatic N) is 3. The molecule has 150 valence electrons. The minimum absolute atomic E-state index is 0.0646. The molecule has 1 aliphatic heterocycles. The number of phenolic OH excluding ortho intramolecular Hbond substituents is 1. The van der Waals surface area contributed by atoms with Gasteiger partial charge in [0.15, 0.2) is 5.82 Å². The van der Waals surface area contributed by atoms with Crippen LogP contribution < -0.4 is 10.2 Å². The van der Waals surface area contributed by atoms with Gasteiger partial charge in [0, 0.05) is 36.2 Å². The summed E-state index contributed by atoms with van der Waals surface area (Å²) in [6.45, 7) is 8.97. The lowest BCUT2D eigenvalue weighted by Gasteiger charge is -2.49. The molecule has 0 atom stereocenters. The van der Waals surface area contributed by atoms with Gasteiger partial charge in [-0.2, -0.15) is 0 Å². The molecule has 1 aliphatic rings. The van der Waals surface area contributed by atoms with Crippen molar-refractivity contribution in [2.75, 3.05) is 11.9 Å². The van der Waals surface area contributed by atoms with Crippen molar-refractivity contribution >= 4 is 12.0 Å². The van der Waals surface area contributed by atoms with E-state index in [2.05, 4.69) is 55.2 Å². The number of rotatable bonds is 5. The van der Waals surface area contributed by atoms with E-state index in [0.717, 1.165) is 24.2 Å². The first kappa shape index (κ1) is 20.3. The van der Waals surface area contributed by atoms with Gasteiger partial charge in [-0.25, -0.2) is 0 Å². The Morgan fingerprint density at radius 2 is 1.82 bits per heavy atom. The molecule has 3 rings (SSSR count). The van der Waals surface area contributed by atoms with Gasteiger partial charge in [0.25, 0.3) is 0 Å². The van der Waals surface area contributed by atoms with Crippen LogP contribution in [-0.2, 0) is 6.42 Å². The summed E-state index contributed by atoms with van der Waals surface area (Å²) >= 11 is 0. The van der Waals surface area contributed by atoms with Crippen molar-refractivity contribution in [3.63, 3.8) is 0 Å². The van der Waals surface area contributed by atoms with Crippen LogP contribution in [0.1, 0.15) is 46.1 Å². The van der Waals surface area contributed by atoms with E-state index in [1.165, 1.54) is 6.21 Å². The lowest BCUT2D eigenvalue weighted by Crippen LogP contribution is -2.62. The molecule has 1 aromatic carbocycles. The molecule has 1 saturated heterocycles. The molecule has 2 aromatic rings. The van der Waals surface area contributed by atoms with E-state index in [0.29, 0.717) is 23.7 Å². The number of hydrogen-bond donors (Lipinski definition) is 3. The normalized spacial score (nSPS) is 18.6. The smallest absolute Gasteiger partial charge is 0.151 e. The van der Waals surface area contributed by atoms with Crippen LogP contribution in [0.15, 0.2) is 30.3 Å². The van der Waals surface area contributed by atoms with E-state index in [-0.39, 0.29) is 16.8 Å². The molecule has 1 aromatic heterocycles. The lowest BCUT2D eigenvalue weighted by molar-refractivity contribution is 0.160. The maximum atomic E-state index is 10.2. The average molecular weight is 382 g/mol. The zero-order valence-electron chi connectivity index (χ0n) is 17.5. The molecule has 1 fully saturated rings. The minimum Gasteiger partial charge on any atom is -0.507 e. The van der Waals surface area contributed by atoms with E-state index in [1.54, 1.807) is 6.07 Å². The molecule has 6 heteroatoms. The molecule has 3 N–H and O–H groups in total. The van der Waals surface area contributed by atoms with Crippen LogP contribution in [0, 0.1) is 5.41 Å². The van der Waals surface area contributed by atoms with Crippen LogP contribution >= 0.6 is 0 Å². The van der Waals surface area contributed by atoms with E-state index in [1.807, 2.05) is 24.3 Å². The first-order chi connectivity index (χ1) is 13.1. The topological polar surface area (TPSA) is 85.1 Å². The zero-order chi connectivity index (χ0) is 20.5. The predicted octanol–water partition coefficient (Wildman–Crippen LogP) is 3.79. The minimum atomic E-state index is 0.0646. The van der Waals surface area contributed by atoms with Crippen molar-refractivity contribution in [1.29, 1.82) is 5.41 Å². The van der Waals surface area contributed by atoms with Crippen LogP contribution in [-0.4, -0.2) is 45.7 Å². The van der Waals surface area contributed by atoms with Gasteiger partial charge >= 0.3 is 0 Å². The number of benzene rings is 1. The first-order valence-electron chi connectivity index (χ1n) is 9.77. The Bertz CT molecular complexity index is 829. The van der Waals surface area contributed by atoms with Crippen LogP contribution in [0.4, 0.5) is 5.82 Å². The number of aromatic hydroxyl groups is 1. The van der Waals surface area contributed by atoms with Gasteiger partial charge in [0.2, 0.25) is 0 Å². The highest BCUT2D eigenvalue weighted by atomic mass is 16.3. The Kier molecular flexibility index (Phi) is 5.44. The van der Waals surface area contributed by atoms with Crippen LogP contribution in [0.25, 0.3) is 11.3 Å². The monoisotopic (exact) mass is 381 g/mol. The summed E-state index contributed by atoms with van der Waals surface area (Å²) in [4.78, 5) is 2.21. The van der Waals surface area contributed by atoms with Crippen LogP contribution in [0.3, 0.4) is 0 Å². The Labute approximate surface area is 167 Å². The number of nitrogens with one attached hydrogen (secondary N) is 2. The molecule has 0 saturated carbocycles. The second-order valence-electron chi connectivity index (χ2n) is 9.10.